The predicted octanol–water partition coefficient (Wildman–Crippen LogP) is 3.32. The molecule has 11 nitrogen and oxygen atoms in total. The Labute approximate surface area is 205 Å². The van der Waals surface area contributed by atoms with Crippen LogP contribution in [0.4, 0.5) is 23.4 Å². The molecule has 0 spiro atoms. The number of rotatable bonds is 9. The zero-order valence-electron chi connectivity index (χ0n) is 20.3. The number of aryl methyl sites for hydroxylation is 1. The number of aromatic amines is 2. The summed E-state index contributed by atoms with van der Waals surface area (Å²) in [5.41, 5.74) is 2.06. The Balaban J connectivity index is 1.35. The molecular formula is C24H33N11. The first-order chi connectivity index (χ1) is 17.1. The maximum absolute atomic E-state index is 9.06. The van der Waals surface area contributed by atoms with E-state index in [1.807, 2.05) is 38.5 Å². The fourth-order valence-electron chi connectivity index (χ4n) is 5.41. The third-order valence-corrected chi connectivity index (χ3v) is 6.98. The Morgan fingerprint density at radius 3 is 2.71 bits per heavy atom. The highest BCUT2D eigenvalue weighted by Gasteiger charge is 2.38. The normalized spacial score (nSPS) is 21.9. The summed E-state index contributed by atoms with van der Waals surface area (Å²) in [5, 5.41) is 30.2. The van der Waals surface area contributed by atoms with Gasteiger partial charge in [-0.15, -0.1) is 0 Å². The summed E-state index contributed by atoms with van der Waals surface area (Å²) in [7, 11) is 2.01. The average molecular weight is 476 g/mol. The van der Waals surface area contributed by atoms with Gasteiger partial charge < -0.3 is 15.5 Å². The second-order valence-corrected chi connectivity index (χ2v) is 9.66. The van der Waals surface area contributed by atoms with E-state index in [-0.39, 0.29) is 0 Å². The molecule has 3 atom stereocenters. The quantitative estimate of drug-likeness (QED) is 0.367. The van der Waals surface area contributed by atoms with Crippen molar-refractivity contribution in [3.63, 3.8) is 0 Å². The molecule has 3 aromatic rings. The molecule has 11 heteroatoms. The third kappa shape index (κ3) is 5.54. The van der Waals surface area contributed by atoms with Crippen LogP contribution in [0.2, 0.25) is 0 Å². The van der Waals surface area contributed by atoms with Crippen molar-refractivity contribution in [2.45, 2.75) is 70.1 Å². The first-order valence-corrected chi connectivity index (χ1v) is 12.3. The number of aromatic nitrogens is 6. The Kier molecular flexibility index (Phi) is 6.81. The van der Waals surface area contributed by atoms with Crippen LogP contribution in [0, 0.1) is 18.3 Å². The zero-order valence-corrected chi connectivity index (χ0v) is 20.3. The lowest BCUT2D eigenvalue weighted by atomic mass is 9.81. The maximum Gasteiger partial charge on any atom is 0.226 e. The smallest absolute Gasteiger partial charge is 0.226 e. The van der Waals surface area contributed by atoms with E-state index in [2.05, 4.69) is 46.9 Å². The van der Waals surface area contributed by atoms with E-state index in [1.54, 1.807) is 0 Å². The number of anilines is 4. The second kappa shape index (κ2) is 10.3. The van der Waals surface area contributed by atoms with Gasteiger partial charge in [0.15, 0.2) is 5.82 Å². The third-order valence-electron chi connectivity index (χ3n) is 6.98. The van der Waals surface area contributed by atoms with Gasteiger partial charge in [-0.05, 0) is 32.6 Å². The maximum atomic E-state index is 9.06. The molecule has 1 unspecified atom stereocenters. The van der Waals surface area contributed by atoms with Gasteiger partial charge in [-0.25, -0.2) is 0 Å². The van der Waals surface area contributed by atoms with Gasteiger partial charge in [0.2, 0.25) is 5.95 Å². The van der Waals surface area contributed by atoms with Gasteiger partial charge in [0.05, 0.1) is 12.3 Å². The average Bonchev–Trinajstić information content (AvgIpc) is 3.49. The van der Waals surface area contributed by atoms with E-state index < -0.39 is 0 Å². The van der Waals surface area contributed by atoms with Crippen molar-refractivity contribution in [2.24, 2.45) is 0 Å². The van der Waals surface area contributed by atoms with Gasteiger partial charge in [0.25, 0.3) is 0 Å². The Bertz CT molecular complexity index is 1130. The number of nitriles is 1. The van der Waals surface area contributed by atoms with Crippen LogP contribution in [0.15, 0.2) is 24.5 Å². The molecule has 5 heterocycles. The highest BCUT2D eigenvalue weighted by molar-refractivity contribution is 5.59. The van der Waals surface area contributed by atoms with Gasteiger partial charge >= 0.3 is 0 Å². The van der Waals surface area contributed by atoms with Crippen molar-refractivity contribution >= 4 is 23.4 Å². The van der Waals surface area contributed by atoms with Crippen molar-refractivity contribution < 1.29 is 0 Å². The molecule has 4 N–H and O–H groups in total. The molecule has 0 aromatic carbocycles. The SMILES string of the molecule is Cc1cc(Nc2cc(N(C)Cc3cn[nH]c3)nc(NC3C[C@H]4CCC[C@@H](C3)N4CCC#N)n2)n[nH]1. The van der Waals surface area contributed by atoms with Crippen LogP contribution >= 0.6 is 0 Å². The highest BCUT2D eigenvalue weighted by atomic mass is 15.3. The summed E-state index contributed by atoms with van der Waals surface area (Å²) in [4.78, 5) is 14.3. The number of hydrogen-bond acceptors (Lipinski definition) is 9. The van der Waals surface area contributed by atoms with E-state index >= 15 is 0 Å². The number of hydrogen-bond donors (Lipinski definition) is 4. The summed E-state index contributed by atoms with van der Waals surface area (Å²) < 4.78 is 0. The lowest BCUT2D eigenvalue weighted by Crippen LogP contribution is -2.55. The van der Waals surface area contributed by atoms with E-state index in [1.165, 1.54) is 19.3 Å². The van der Waals surface area contributed by atoms with Crippen LogP contribution in [0.5, 0.6) is 0 Å². The van der Waals surface area contributed by atoms with Gasteiger partial charge in [-0.1, -0.05) is 6.42 Å². The van der Waals surface area contributed by atoms with Crippen molar-refractivity contribution in [3.8, 4) is 6.07 Å². The van der Waals surface area contributed by atoms with Crippen molar-refractivity contribution in [1.29, 1.82) is 5.26 Å². The molecule has 2 saturated heterocycles. The molecule has 5 rings (SSSR count). The molecule has 2 bridgehead atoms. The monoisotopic (exact) mass is 475 g/mol. The van der Waals surface area contributed by atoms with Crippen LogP contribution in [0.3, 0.4) is 0 Å². The number of fused-ring (bicyclic) bond motifs is 2. The summed E-state index contributed by atoms with van der Waals surface area (Å²) in [6.45, 7) is 3.52. The minimum atomic E-state index is 0.304. The molecule has 35 heavy (non-hydrogen) atoms. The molecular weight excluding hydrogens is 442 g/mol. The molecule has 0 amide bonds. The lowest BCUT2D eigenvalue weighted by molar-refractivity contribution is 0.0369. The van der Waals surface area contributed by atoms with Crippen LogP contribution in [0.1, 0.15) is 49.8 Å². The lowest BCUT2D eigenvalue weighted by Gasteiger charge is -2.48. The van der Waals surface area contributed by atoms with Crippen molar-refractivity contribution in [2.75, 3.05) is 29.1 Å². The second-order valence-electron chi connectivity index (χ2n) is 9.66. The predicted molar refractivity (Wildman–Crippen MR) is 134 cm³/mol. The van der Waals surface area contributed by atoms with E-state index in [9.17, 15) is 0 Å². The molecule has 0 saturated carbocycles. The number of piperidine rings is 2. The molecule has 2 aliphatic rings. The fraction of sp³-hybridized carbons (Fsp3) is 0.542. The largest absolute Gasteiger partial charge is 0.355 e. The topological polar surface area (TPSA) is 137 Å². The van der Waals surface area contributed by atoms with Crippen LogP contribution in [-0.2, 0) is 6.54 Å². The molecule has 2 aliphatic heterocycles. The van der Waals surface area contributed by atoms with E-state index in [0.717, 1.165) is 42.3 Å². The molecule has 0 radical (unpaired) electrons. The van der Waals surface area contributed by atoms with Gasteiger partial charge in [-0.3, -0.25) is 15.1 Å². The van der Waals surface area contributed by atoms with Crippen molar-refractivity contribution in [1.82, 2.24) is 35.3 Å². The molecule has 0 aliphatic carbocycles. The van der Waals surface area contributed by atoms with Gasteiger partial charge in [-0.2, -0.15) is 25.4 Å². The number of nitrogens with zero attached hydrogens (tertiary/aromatic N) is 7. The Hall–Kier alpha value is -3.65. The first kappa shape index (κ1) is 23.1. The minimum Gasteiger partial charge on any atom is -0.355 e. The summed E-state index contributed by atoms with van der Waals surface area (Å²) in [6, 6.07) is 7.54. The zero-order chi connectivity index (χ0) is 24.2. The number of nitrogens with one attached hydrogen (secondary N) is 4. The Morgan fingerprint density at radius 2 is 2.03 bits per heavy atom. The minimum absolute atomic E-state index is 0.304. The summed E-state index contributed by atoms with van der Waals surface area (Å²) in [5.74, 6) is 2.83. The highest BCUT2D eigenvalue weighted by Crippen LogP contribution is 2.35. The van der Waals surface area contributed by atoms with E-state index in [0.29, 0.717) is 42.9 Å². The summed E-state index contributed by atoms with van der Waals surface area (Å²) in [6.07, 6.45) is 10.1. The van der Waals surface area contributed by atoms with Crippen LogP contribution in [-0.4, -0.2) is 67.0 Å². The van der Waals surface area contributed by atoms with Gasteiger partial charge in [0, 0.05) is 74.3 Å². The summed E-state index contributed by atoms with van der Waals surface area (Å²) >= 11 is 0. The van der Waals surface area contributed by atoms with Crippen LogP contribution in [0.25, 0.3) is 0 Å². The molecule has 184 valence electrons. The first-order valence-electron chi connectivity index (χ1n) is 12.3. The fourth-order valence-corrected chi connectivity index (χ4v) is 5.41. The standard InChI is InChI=1S/C24H33N11/c1-16-9-22(33-32-16)29-21-12-23(34(2)15-17-13-26-27-14-17)31-24(30-21)28-18-10-19-5-3-6-20(11-18)35(19)8-4-7-25/h9,12-14,18-20H,3-6,8,10-11,15H2,1-2H3,(H,26,27)(H3,28,29,30,31,32,33)/t18?,19-,20+. The van der Waals surface area contributed by atoms with Crippen LogP contribution < -0.4 is 15.5 Å². The van der Waals surface area contributed by atoms with Crippen molar-refractivity contribution in [3.05, 3.63) is 35.8 Å². The van der Waals surface area contributed by atoms with Gasteiger partial charge in [0.1, 0.15) is 11.6 Å². The number of H-pyrrole nitrogens is 2. The molecule has 3 aromatic heterocycles. The molecule has 2 fully saturated rings. The Morgan fingerprint density at radius 1 is 1.20 bits per heavy atom. The van der Waals surface area contributed by atoms with E-state index in [4.69, 9.17) is 15.2 Å².